The molecule has 4 aromatic rings. The fourth-order valence-corrected chi connectivity index (χ4v) is 3.76. The number of rotatable bonds is 2. The lowest BCUT2D eigenvalue weighted by Gasteiger charge is -2.23. The SMILES string of the molecule is Cc1ccc(-c2cc(-c3ccc(Cl)cc3)c3c(n2)-c2ccccc2OC3)cc1. The van der Waals surface area contributed by atoms with Gasteiger partial charge in [0, 0.05) is 21.7 Å². The molecule has 0 amide bonds. The van der Waals surface area contributed by atoms with E-state index < -0.39 is 0 Å². The molecule has 3 aromatic carbocycles. The van der Waals surface area contributed by atoms with Crippen LogP contribution < -0.4 is 4.74 Å². The van der Waals surface area contributed by atoms with Crippen molar-refractivity contribution in [2.24, 2.45) is 0 Å². The van der Waals surface area contributed by atoms with Crippen molar-refractivity contribution in [3.8, 4) is 39.4 Å². The van der Waals surface area contributed by atoms with Crippen molar-refractivity contribution in [2.45, 2.75) is 13.5 Å². The van der Waals surface area contributed by atoms with Crippen molar-refractivity contribution in [3.05, 3.63) is 95.0 Å². The first-order valence-electron chi connectivity index (χ1n) is 9.28. The molecule has 0 spiro atoms. The summed E-state index contributed by atoms with van der Waals surface area (Å²) in [4.78, 5) is 5.05. The Kier molecular flexibility index (Phi) is 4.14. The van der Waals surface area contributed by atoms with E-state index in [0.717, 1.165) is 50.0 Å². The number of nitrogens with zero attached hydrogens (tertiary/aromatic N) is 1. The number of pyridine rings is 1. The van der Waals surface area contributed by atoms with Crippen LogP contribution in [-0.4, -0.2) is 4.98 Å². The van der Waals surface area contributed by atoms with Gasteiger partial charge in [0.2, 0.25) is 0 Å². The zero-order valence-corrected chi connectivity index (χ0v) is 16.2. The second kappa shape index (κ2) is 6.81. The van der Waals surface area contributed by atoms with Crippen LogP contribution in [0.1, 0.15) is 11.1 Å². The van der Waals surface area contributed by atoms with E-state index in [0.29, 0.717) is 6.61 Å². The van der Waals surface area contributed by atoms with Crippen molar-refractivity contribution < 1.29 is 4.74 Å². The highest BCUT2D eigenvalue weighted by atomic mass is 35.5. The van der Waals surface area contributed by atoms with Gasteiger partial charge < -0.3 is 4.74 Å². The minimum Gasteiger partial charge on any atom is -0.488 e. The normalized spacial score (nSPS) is 12.1. The maximum Gasteiger partial charge on any atom is 0.129 e. The topological polar surface area (TPSA) is 22.1 Å². The Morgan fingerprint density at radius 1 is 0.821 bits per heavy atom. The van der Waals surface area contributed by atoms with Gasteiger partial charge in [-0.1, -0.05) is 65.7 Å². The second-order valence-corrected chi connectivity index (χ2v) is 7.48. The summed E-state index contributed by atoms with van der Waals surface area (Å²) in [7, 11) is 0. The Labute approximate surface area is 169 Å². The molecular weight excluding hydrogens is 366 g/mol. The molecule has 2 nitrogen and oxygen atoms in total. The van der Waals surface area contributed by atoms with E-state index in [1.165, 1.54) is 5.56 Å². The summed E-state index contributed by atoms with van der Waals surface area (Å²) < 4.78 is 6.03. The number of fused-ring (bicyclic) bond motifs is 3. The molecule has 1 aliphatic heterocycles. The average Bonchev–Trinajstić information content (AvgIpc) is 2.74. The third-order valence-corrected chi connectivity index (χ3v) is 5.39. The van der Waals surface area contributed by atoms with Gasteiger partial charge in [0.05, 0.1) is 11.4 Å². The molecule has 0 radical (unpaired) electrons. The van der Waals surface area contributed by atoms with Crippen LogP contribution in [0.5, 0.6) is 5.75 Å². The number of hydrogen-bond donors (Lipinski definition) is 0. The lowest BCUT2D eigenvalue weighted by molar-refractivity contribution is 0.302. The summed E-state index contributed by atoms with van der Waals surface area (Å²) in [6, 6.07) is 26.7. The van der Waals surface area contributed by atoms with Gasteiger partial charge in [0.25, 0.3) is 0 Å². The molecule has 2 heterocycles. The fourth-order valence-electron chi connectivity index (χ4n) is 3.64. The summed E-state index contributed by atoms with van der Waals surface area (Å²) in [5, 5.41) is 0.729. The minimum absolute atomic E-state index is 0.505. The number of halogens is 1. The van der Waals surface area contributed by atoms with Gasteiger partial charge in [-0.25, -0.2) is 4.98 Å². The summed E-state index contributed by atoms with van der Waals surface area (Å²) in [6.07, 6.45) is 0. The predicted octanol–water partition coefficient (Wildman–Crippen LogP) is 6.94. The number of aryl methyl sites for hydroxylation is 1. The van der Waals surface area contributed by atoms with Gasteiger partial charge >= 0.3 is 0 Å². The molecule has 0 atom stereocenters. The molecule has 1 aromatic heterocycles. The van der Waals surface area contributed by atoms with Gasteiger partial charge in [-0.05, 0) is 48.4 Å². The Hall–Kier alpha value is -3.10. The summed E-state index contributed by atoms with van der Waals surface area (Å²) in [6.45, 7) is 2.60. The number of para-hydroxylation sites is 1. The van der Waals surface area contributed by atoms with Crippen LogP contribution in [0.4, 0.5) is 0 Å². The van der Waals surface area contributed by atoms with Crippen LogP contribution in [-0.2, 0) is 6.61 Å². The van der Waals surface area contributed by atoms with Crippen molar-refractivity contribution in [3.63, 3.8) is 0 Å². The molecule has 3 heteroatoms. The molecule has 0 unspecified atom stereocenters. The summed E-state index contributed by atoms with van der Waals surface area (Å²) in [5.41, 5.74) is 8.67. The predicted molar refractivity (Wildman–Crippen MR) is 115 cm³/mol. The van der Waals surface area contributed by atoms with E-state index in [4.69, 9.17) is 21.3 Å². The second-order valence-electron chi connectivity index (χ2n) is 7.04. The molecule has 0 aliphatic carbocycles. The molecule has 0 saturated carbocycles. The highest BCUT2D eigenvalue weighted by Gasteiger charge is 2.23. The lowest BCUT2D eigenvalue weighted by Crippen LogP contribution is -2.09. The lowest BCUT2D eigenvalue weighted by atomic mass is 9.92. The molecule has 28 heavy (non-hydrogen) atoms. The van der Waals surface area contributed by atoms with Gasteiger partial charge in [-0.15, -0.1) is 0 Å². The number of aromatic nitrogens is 1. The van der Waals surface area contributed by atoms with Crippen molar-refractivity contribution in [2.75, 3.05) is 0 Å². The van der Waals surface area contributed by atoms with E-state index in [1.807, 2.05) is 30.3 Å². The first-order valence-corrected chi connectivity index (χ1v) is 9.66. The van der Waals surface area contributed by atoms with Crippen LogP contribution in [0.25, 0.3) is 33.6 Å². The van der Waals surface area contributed by atoms with Crippen LogP contribution >= 0.6 is 11.6 Å². The van der Waals surface area contributed by atoms with Crippen LogP contribution in [0.15, 0.2) is 78.9 Å². The average molecular weight is 384 g/mol. The highest BCUT2D eigenvalue weighted by molar-refractivity contribution is 6.30. The third kappa shape index (κ3) is 2.96. The van der Waals surface area contributed by atoms with Crippen LogP contribution in [0, 0.1) is 6.92 Å². The van der Waals surface area contributed by atoms with E-state index in [9.17, 15) is 0 Å². The Balaban J connectivity index is 1.78. The monoisotopic (exact) mass is 383 g/mol. The summed E-state index contributed by atoms with van der Waals surface area (Å²) >= 11 is 6.11. The van der Waals surface area contributed by atoms with Crippen molar-refractivity contribution in [1.29, 1.82) is 0 Å². The maximum absolute atomic E-state index is 6.11. The first kappa shape index (κ1) is 17.0. The molecule has 5 rings (SSSR count). The van der Waals surface area contributed by atoms with Gasteiger partial charge in [0.15, 0.2) is 0 Å². The maximum atomic E-state index is 6.11. The minimum atomic E-state index is 0.505. The molecule has 1 aliphatic rings. The van der Waals surface area contributed by atoms with Gasteiger partial charge in [-0.3, -0.25) is 0 Å². The quantitative estimate of drug-likeness (QED) is 0.374. The number of benzene rings is 3. The fraction of sp³-hybridized carbons (Fsp3) is 0.0800. The first-order chi connectivity index (χ1) is 13.7. The molecule has 0 saturated heterocycles. The zero-order valence-electron chi connectivity index (χ0n) is 15.4. The van der Waals surface area contributed by atoms with Crippen molar-refractivity contribution in [1.82, 2.24) is 4.98 Å². The smallest absolute Gasteiger partial charge is 0.129 e. The van der Waals surface area contributed by atoms with Gasteiger partial charge in [0.1, 0.15) is 12.4 Å². The molecule has 136 valence electrons. The van der Waals surface area contributed by atoms with E-state index in [1.54, 1.807) is 0 Å². The number of hydrogen-bond acceptors (Lipinski definition) is 2. The Morgan fingerprint density at radius 3 is 2.32 bits per heavy atom. The van der Waals surface area contributed by atoms with E-state index in [-0.39, 0.29) is 0 Å². The highest BCUT2D eigenvalue weighted by Crippen LogP contribution is 2.42. The van der Waals surface area contributed by atoms with Crippen LogP contribution in [0.2, 0.25) is 5.02 Å². The van der Waals surface area contributed by atoms with Crippen LogP contribution in [0.3, 0.4) is 0 Å². The molecule has 0 fully saturated rings. The van der Waals surface area contributed by atoms with Gasteiger partial charge in [-0.2, -0.15) is 0 Å². The zero-order chi connectivity index (χ0) is 19.1. The largest absolute Gasteiger partial charge is 0.488 e. The molecule has 0 N–H and O–H groups in total. The van der Waals surface area contributed by atoms with E-state index >= 15 is 0 Å². The standard InChI is InChI=1S/C25H18ClNO/c1-16-6-8-18(9-7-16)23-14-21(17-10-12-19(26)13-11-17)22-15-28-24-5-3-2-4-20(24)25(22)27-23/h2-14H,15H2,1H3. The Morgan fingerprint density at radius 2 is 1.54 bits per heavy atom. The van der Waals surface area contributed by atoms with Crippen molar-refractivity contribution >= 4 is 11.6 Å². The third-order valence-electron chi connectivity index (χ3n) is 5.14. The molecular formula is C25H18ClNO. The molecule has 0 bridgehead atoms. The Bertz CT molecular complexity index is 1160. The number of ether oxygens (including phenoxy) is 1. The van der Waals surface area contributed by atoms with E-state index in [2.05, 4.69) is 55.5 Å². The summed E-state index contributed by atoms with van der Waals surface area (Å²) in [5.74, 6) is 0.880.